The van der Waals surface area contributed by atoms with Gasteiger partial charge in [-0.1, -0.05) is 36.1 Å². The predicted molar refractivity (Wildman–Crippen MR) is 101 cm³/mol. The lowest BCUT2D eigenvalue weighted by molar-refractivity contribution is -0.115. The number of thiocarbonyl (C=S) groups is 1. The van der Waals surface area contributed by atoms with E-state index < -0.39 is 5.97 Å². The average Bonchev–Trinajstić information content (AvgIpc) is 2.94. The van der Waals surface area contributed by atoms with Crippen molar-refractivity contribution in [2.24, 2.45) is 0 Å². The number of benzene rings is 2. The van der Waals surface area contributed by atoms with Gasteiger partial charge in [-0.15, -0.1) is 0 Å². The molecule has 0 radical (unpaired) electrons. The Labute approximate surface area is 154 Å². The van der Waals surface area contributed by atoms with Crippen LogP contribution in [-0.2, 0) is 4.79 Å². The molecule has 1 aliphatic heterocycles. The summed E-state index contributed by atoms with van der Waals surface area (Å²) in [6.45, 7) is 0. The number of esters is 1. The highest BCUT2D eigenvalue weighted by Crippen LogP contribution is 2.26. The van der Waals surface area contributed by atoms with Gasteiger partial charge in [0, 0.05) is 0 Å². The second-order valence-corrected chi connectivity index (χ2v) is 6.76. The lowest BCUT2D eigenvalue weighted by Crippen LogP contribution is -2.17. The van der Waals surface area contributed by atoms with Gasteiger partial charge in [-0.3, -0.25) is 4.79 Å². The van der Waals surface area contributed by atoms with Crippen LogP contribution in [-0.4, -0.2) is 23.3 Å². The third kappa shape index (κ3) is 4.26. The summed E-state index contributed by atoms with van der Waals surface area (Å²) in [5.74, 6) is 0.430. The molecule has 1 saturated heterocycles. The number of rotatable bonds is 4. The molecule has 1 heterocycles. The lowest BCUT2D eigenvalue weighted by atomic mass is 10.2. The van der Waals surface area contributed by atoms with E-state index in [0.29, 0.717) is 26.3 Å². The van der Waals surface area contributed by atoms with Crippen LogP contribution in [0, 0.1) is 0 Å². The van der Waals surface area contributed by atoms with Crippen molar-refractivity contribution >= 4 is 46.3 Å². The van der Waals surface area contributed by atoms with Crippen LogP contribution in [0.4, 0.5) is 0 Å². The summed E-state index contributed by atoms with van der Waals surface area (Å²) in [4.78, 5) is 24.3. The summed E-state index contributed by atoms with van der Waals surface area (Å²) in [5, 5.41) is 2.56. The van der Waals surface area contributed by atoms with Crippen LogP contribution in [0.2, 0.25) is 0 Å². The highest BCUT2D eigenvalue weighted by atomic mass is 32.2. The number of carbonyl (C=O) groups is 2. The van der Waals surface area contributed by atoms with Gasteiger partial charge in [0.1, 0.15) is 15.8 Å². The highest BCUT2D eigenvalue weighted by molar-refractivity contribution is 8.26. The zero-order chi connectivity index (χ0) is 17.8. The van der Waals surface area contributed by atoms with E-state index in [1.165, 1.54) is 11.8 Å². The Morgan fingerprint density at radius 3 is 2.28 bits per heavy atom. The minimum atomic E-state index is -0.454. The minimum Gasteiger partial charge on any atom is -0.497 e. The summed E-state index contributed by atoms with van der Waals surface area (Å²) < 4.78 is 10.8. The van der Waals surface area contributed by atoms with Crippen LogP contribution in [0.5, 0.6) is 11.5 Å². The number of hydrogen-bond acceptors (Lipinski definition) is 6. The third-order valence-corrected chi connectivity index (χ3v) is 4.52. The van der Waals surface area contributed by atoms with E-state index in [2.05, 4.69) is 5.32 Å². The third-order valence-electron chi connectivity index (χ3n) is 3.36. The molecular formula is C18H13NO4S2. The van der Waals surface area contributed by atoms with Crippen molar-refractivity contribution in [2.75, 3.05) is 7.11 Å². The molecule has 1 amide bonds. The zero-order valence-corrected chi connectivity index (χ0v) is 14.8. The Kier molecular flexibility index (Phi) is 5.16. The topological polar surface area (TPSA) is 64.6 Å². The molecule has 0 atom stereocenters. The van der Waals surface area contributed by atoms with Crippen molar-refractivity contribution in [2.45, 2.75) is 0 Å². The number of amides is 1. The molecule has 0 saturated carbocycles. The number of carbonyl (C=O) groups excluding carboxylic acids is 2. The Morgan fingerprint density at radius 2 is 1.72 bits per heavy atom. The van der Waals surface area contributed by atoms with Gasteiger partial charge in [0.05, 0.1) is 17.6 Å². The molecular weight excluding hydrogens is 358 g/mol. The van der Waals surface area contributed by atoms with Crippen molar-refractivity contribution in [1.29, 1.82) is 0 Å². The quantitative estimate of drug-likeness (QED) is 0.385. The summed E-state index contributed by atoms with van der Waals surface area (Å²) in [6.07, 6.45) is 1.73. The maximum Gasteiger partial charge on any atom is 0.343 e. The molecule has 25 heavy (non-hydrogen) atoms. The van der Waals surface area contributed by atoms with Gasteiger partial charge in [0.2, 0.25) is 0 Å². The van der Waals surface area contributed by atoms with Crippen LogP contribution >= 0.6 is 24.0 Å². The van der Waals surface area contributed by atoms with Gasteiger partial charge in [0.25, 0.3) is 5.91 Å². The van der Waals surface area contributed by atoms with Crippen molar-refractivity contribution in [1.82, 2.24) is 5.32 Å². The standard InChI is InChI=1S/C18H13NO4S2/c1-22-13-8-4-12(5-9-13)17(21)23-14-6-2-11(3-7-14)10-15-16(20)19-18(24)25-15/h2-10H,1H3,(H,19,20,24). The normalized spacial score (nSPS) is 15.2. The fraction of sp³-hybridized carbons (Fsp3) is 0.0556. The van der Waals surface area contributed by atoms with E-state index in [0.717, 1.165) is 5.56 Å². The van der Waals surface area contributed by atoms with Crippen molar-refractivity contribution in [3.63, 3.8) is 0 Å². The van der Waals surface area contributed by atoms with Crippen molar-refractivity contribution < 1.29 is 19.1 Å². The van der Waals surface area contributed by atoms with Crippen molar-refractivity contribution in [3.8, 4) is 11.5 Å². The number of thioether (sulfide) groups is 1. The SMILES string of the molecule is COc1ccc(C(=O)Oc2ccc(C=C3SC(=S)NC3=O)cc2)cc1. The van der Waals surface area contributed by atoms with Crippen molar-refractivity contribution in [3.05, 3.63) is 64.6 Å². The van der Waals surface area contributed by atoms with Crippen LogP contribution in [0.25, 0.3) is 6.08 Å². The van der Waals surface area contributed by atoms with E-state index >= 15 is 0 Å². The fourth-order valence-electron chi connectivity index (χ4n) is 2.10. The maximum absolute atomic E-state index is 12.1. The summed E-state index contributed by atoms with van der Waals surface area (Å²) in [7, 11) is 1.56. The molecule has 1 aliphatic rings. The molecule has 2 aromatic rings. The number of hydrogen-bond donors (Lipinski definition) is 1. The van der Waals surface area contributed by atoms with Gasteiger partial charge < -0.3 is 14.8 Å². The van der Waals surface area contributed by atoms with Crippen LogP contribution in [0.15, 0.2) is 53.4 Å². The number of ether oxygens (including phenoxy) is 2. The molecule has 0 unspecified atom stereocenters. The minimum absolute atomic E-state index is 0.204. The van der Waals surface area contributed by atoms with Gasteiger partial charge in [-0.2, -0.15) is 0 Å². The van der Waals surface area contributed by atoms with Crippen LogP contribution in [0.3, 0.4) is 0 Å². The first-order valence-electron chi connectivity index (χ1n) is 7.26. The molecule has 0 aromatic heterocycles. The predicted octanol–water partition coefficient (Wildman–Crippen LogP) is 3.40. The first kappa shape index (κ1) is 17.2. The summed E-state index contributed by atoms with van der Waals surface area (Å²) in [6, 6.07) is 13.5. The molecule has 2 aromatic carbocycles. The number of nitrogens with one attached hydrogen (secondary N) is 1. The highest BCUT2D eigenvalue weighted by Gasteiger charge is 2.21. The first-order chi connectivity index (χ1) is 12.0. The summed E-state index contributed by atoms with van der Waals surface area (Å²) in [5.41, 5.74) is 1.24. The largest absolute Gasteiger partial charge is 0.497 e. The molecule has 1 N–H and O–H groups in total. The van der Waals surface area contributed by atoms with Crippen LogP contribution in [0.1, 0.15) is 15.9 Å². The zero-order valence-electron chi connectivity index (χ0n) is 13.1. The second-order valence-electron chi connectivity index (χ2n) is 5.04. The Bertz CT molecular complexity index is 858. The lowest BCUT2D eigenvalue weighted by Gasteiger charge is -2.05. The van der Waals surface area contributed by atoms with Crippen LogP contribution < -0.4 is 14.8 Å². The molecule has 3 rings (SSSR count). The van der Waals surface area contributed by atoms with E-state index in [1.54, 1.807) is 61.7 Å². The van der Waals surface area contributed by atoms with Gasteiger partial charge in [0.15, 0.2) is 0 Å². The monoisotopic (exact) mass is 371 g/mol. The first-order valence-corrected chi connectivity index (χ1v) is 8.49. The Hall–Kier alpha value is -2.64. The molecule has 7 heteroatoms. The van der Waals surface area contributed by atoms with Gasteiger partial charge in [-0.25, -0.2) is 4.79 Å². The molecule has 0 aliphatic carbocycles. The van der Waals surface area contributed by atoms with Gasteiger partial charge in [-0.05, 0) is 48.0 Å². The Morgan fingerprint density at radius 1 is 1.08 bits per heavy atom. The van der Waals surface area contributed by atoms with E-state index in [-0.39, 0.29) is 5.91 Å². The number of methoxy groups -OCH3 is 1. The van der Waals surface area contributed by atoms with Gasteiger partial charge >= 0.3 is 5.97 Å². The molecule has 0 bridgehead atoms. The molecule has 5 nitrogen and oxygen atoms in total. The van der Waals surface area contributed by atoms with E-state index in [9.17, 15) is 9.59 Å². The van der Waals surface area contributed by atoms with E-state index in [4.69, 9.17) is 21.7 Å². The maximum atomic E-state index is 12.1. The molecule has 1 fully saturated rings. The fourth-order valence-corrected chi connectivity index (χ4v) is 3.14. The Balaban J connectivity index is 1.68. The smallest absolute Gasteiger partial charge is 0.343 e. The molecule has 0 spiro atoms. The second kappa shape index (κ2) is 7.50. The average molecular weight is 371 g/mol. The van der Waals surface area contributed by atoms with E-state index in [1.807, 2.05) is 0 Å². The summed E-state index contributed by atoms with van der Waals surface area (Å²) >= 11 is 6.16. The molecule has 126 valence electrons.